The molecule has 0 amide bonds. The predicted molar refractivity (Wildman–Crippen MR) is 97.0 cm³/mol. The second-order valence-corrected chi connectivity index (χ2v) is 6.01. The Balaban J connectivity index is 1.97. The Morgan fingerprint density at radius 2 is 1.92 bits per heavy atom. The number of nitrogens with one attached hydrogen (secondary N) is 1. The van der Waals surface area contributed by atoms with Crippen molar-refractivity contribution in [3.8, 4) is 5.75 Å². The molecule has 2 rings (SSSR count). The molecule has 2 aromatic rings. The lowest BCUT2D eigenvalue weighted by Crippen LogP contribution is -2.30. The van der Waals surface area contributed by atoms with Crippen LogP contribution in [0.25, 0.3) is 0 Å². The largest absolute Gasteiger partial charge is 0.435 e. The molecule has 0 saturated heterocycles. The van der Waals surface area contributed by atoms with Gasteiger partial charge >= 0.3 is 6.61 Å². The highest BCUT2D eigenvalue weighted by Crippen LogP contribution is 2.23. The van der Waals surface area contributed by atoms with Crippen molar-refractivity contribution in [1.29, 1.82) is 0 Å². The fourth-order valence-corrected chi connectivity index (χ4v) is 2.42. The summed E-state index contributed by atoms with van der Waals surface area (Å²) in [6.07, 6.45) is 0. The summed E-state index contributed by atoms with van der Waals surface area (Å²) >= 11 is 11.5. The van der Waals surface area contributed by atoms with Crippen LogP contribution in [0.2, 0.25) is 5.02 Å². The normalized spacial score (nSPS) is 10.6. The van der Waals surface area contributed by atoms with E-state index in [1.807, 2.05) is 37.1 Å². The van der Waals surface area contributed by atoms with E-state index in [2.05, 4.69) is 10.1 Å². The molecule has 0 saturated carbocycles. The van der Waals surface area contributed by atoms with Gasteiger partial charge in [0.05, 0.1) is 0 Å². The van der Waals surface area contributed by atoms with Crippen LogP contribution >= 0.6 is 23.8 Å². The van der Waals surface area contributed by atoms with Gasteiger partial charge in [0.25, 0.3) is 0 Å². The number of hydrogen-bond acceptors (Lipinski definition) is 2. The quantitative estimate of drug-likeness (QED) is 0.742. The van der Waals surface area contributed by atoms with Crippen LogP contribution in [-0.4, -0.2) is 23.7 Å². The van der Waals surface area contributed by atoms with Crippen molar-refractivity contribution in [2.24, 2.45) is 0 Å². The number of thiocarbonyl (C=S) groups is 1. The van der Waals surface area contributed by atoms with Crippen molar-refractivity contribution in [3.63, 3.8) is 0 Å². The third-order valence-electron chi connectivity index (χ3n) is 3.42. The summed E-state index contributed by atoms with van der Waals surface area (Å²) in [6, 6.07) is 12.0. The molecule has 3 nitrogen and oxygen atoms in total. The van der Waals surface area contributed by atoms with Gasteiger partial charge in [-0.25, -0.2) is 0 Å². The van der Waals surface area contributed by atoms with Crippen LogP contribution in [0.5, 0.6) is 5.75 Å². The Morgan fingerprint density at radius 3 is 2.54 bits per heavy atom. The fourth-order valence-electron chi connectivity index (χ4n) is 2.08. The van der Waals surface area contributed by atoms with Crippen LogP contribution < -0.4 is 10.1 Å². The highest BCUT2D eigenvalue weighted by Gasteiger charge is 2.09. The minimum absolute atomic E-state index is 0.131. The first-order valence-corrected chi connectivity index (χ1v) is 7.96. The number of hydrogen-bond donors (Lipinski definition) is 1. The van der Waals surface area contributed by atoms with Gasteiger partial charge in [-0.15, -0.1) is 0 Å². The van der Waals surface area contributed by atoms with Gasteiger partial charge in [0.2, 0.25) is 0 Å². The van der Waals surface area contributed by atoms with Gasteiger partial charge in [0, 0.05) is 24.3 Å². The zero-order valence-corrected chi connectivity index (χ0v) is 14.8. The van der Waals surface area contributed by atoms with E-state index in [0.717, 1.165) is 16.8 Å². The first kappa shape index (κ1) is 18.4. The van der Waals surface area contributed by atoms with Crippen molar-refractivity contribution in [1.82, 2.24) is 4.90 Å². The molecular formula is C17H17ClF2N2OS. The van der Waals surface area contributed by atoms with Crippen molar-refractivity contribution >= 4 is 34.6 Å². The zero-order valence-electron chi connectivity index (χ0n) is 13.2. The Kier molecular flexibility index (Phi) is 6.34. The summed E-state index contributed by atoms with van der Waals surface area (Å²) in [7, 11) is 1.85. The summed E-state index contributed by atoms with van der Waals surface area (Å²) in [5.41, 5.74) is 2.69. The molecule has 0 aliphatic carbocycles. The SMILES string of the molecule is Cc1c(Cl)cccc1NC(=S)N(C)Cc1ccc(OC(F)F)cc1. The maximum Gasteiger partial charge on any atom is 0.387 e. The topological polar surface area (TPSA) is 24.5 Å². The monoisotopic (exact) mass is 370 g/mol. The lowest BCUT2D eigenvalue weighted by molar-refractivity contribution is -0.0498. The van der Waals surface area contributed by atoms with Gasteiger partial charge in [-0.2, -0.15) is 8.78 Å². The number of nitrogens with zero attached hydrogens (tertiary/aromatic N) is 1. The van der Waals surface area contributed by atoms with Gasteiger partial charge in [-0.05, 0) is 54.5 Å². The lowest BCUT2D eigenvalue weighted by atomic mass is 10.2. The standard InChI is InChI=1S/C17H17ClF2N2OS/c1-11-14(18)4-3-5-15(11)21-17(24)22(2)10-12-6-8-13(9-7-12)23-16(19)20/h3-9,16H,10H2,1-2H3,(H,21,24). The maximum atomic E-state index is 12.1. The molecule has 128 valence electrons. The average Bonchev–Trinajstić information content (AvgIpc) is 2.53. The second kappa shape index (κ2) is 8.26. The Morgan fingerprint density at radius 1 is 1.25 bits per heavy atom. The van der Waals surface area contributed by atoms with Gasteiger partial charge in [0.15, 0.2) is 5.11 Å². The van der Waals surface area contributed by atoms with Gasteiger partial charge in [0.1, 0.15) is 5.75 Å². The summed E-state index contributed by atoms with van der Waals surface area (Å²) in [5.74, 6) is 0.131. The summed E-state index contributed by atoms with van der Waals surface area (Å²) in [6.45, 7) is -0.383. The number of rotatable bonds is 5. The average molecular weight is 371 g/mol. The molecule has 0 aliphatic rings. The highest BCUT2D eigenvalue weighted by molar-refractivity contribution is 7.80. The Labute approximate surface area is 150 Å². The number of ether oxygens (including phenoxy) is 1. The molecule has 0 aromatic heterocycles. The summed E-state index contributed by atoms with van der Waals surface area (Å²) in [5, 5.41) is 4.36. The number of alkyl halides is 2. The molecular weight excluding hydrogens is 354 g/mol. The maximum absolute atomic E-state index is 12.1. The first-order valence-electron chi connectivity index (χ1n) is 7.18. The molecule has 1 N–H and O–H groups in total. The molecule has 24 heavy (non-hydrogen) atoms. The van der Waals surface area contributed by atoms with Crippen LogP contribution in [0.3, 0.4) is 0 Å². The molecule has 0 fully saturated rings. The minimum atomic E-state index is -2.82. The summed E-state index contributed by atoms with van der Waals surface area (Å²) < 4.78 is 28.6. The lowest BCUT2D eigenvalue weighted by Gasteiger charge is -2.22. The number of benzene rings is 2. The van der Waals surface area contributed by atoms with Crippen LogP contribution in [0.4, 0.5) is 14.5 Å². The molecule has 7 heteroatoms. The molecule has 0 atom stereocenters. The van der Waals surface area contributed by atoms with Crippen LogP contribution in [0.15, 0.2) is 42.5 Å². The molecule has 2 aromatic carbocycles. The smallest absolute Gasteiger partial charge is 0.387 e. The molecule has 0 unspecified atom stereocenters. The highest BCUT2D eigenvalue weighted by atomic mass is 35.5. The third kappa shape index (κ3) is 5.04. The van der Waals surface area contributed by atoms with E-state index in [-0.39, 0.29) is 5.75 Å². The predicted octanol–water partition coefficient (Wildman–Crippen LogP) is 5.08. The molecule has 0 bridgehead atoms. The third-order valence-corrected chi connectivity index (χ3v) is 4.25. The van der Waals surface area contributed by atoms with Gasteiger partial charge in [-0.1, -0.05) is 29.8 Å². The molecule has 0 heterocycles. The van der Waals surface area contributed by atoms with Crippen LogP contribution in [-0.2, 0) is 6.54 Å². The van der Waals surface area contributed by atoms with Gasteiger partial charge in [-0.3, -0.25) is 0 Å². The van der Waals surface area contributed by atoms with Crippen molar-refractivity contribution < 1.29 is 13.5 Å². The van der Waals surface area contributed by atoms with E-state index < -0.39 is 6.61 Å². The van der Waals surface area contributed by atoms with E-state index in [1.165, 1.54) is 12.1 Å². The number of halogens is 3. The summed E-state index contributed by atoms with van der Waals surface area (Å²) in [4.78, 5) is 1.85. The van der Waals surface area contributed by atoms with E-state index in [1.54, 1.807) is 12.1 Å². The van der Waals surface area contributed by atoms with Crippen molar-refractivity contribution in [3.05, 3.63) is 58.6 Å². The molecule has 0 radical (unpaired) electrons. The Bertz CT molecular complexity index is 710. The second-order valence-electron chi connectivity index (χ2n) is 5.22. The van der Waals surface area contributed by atoms with Crippen LogP contribution in [0.1, 0.15) is 11.1 Å². The molecule has 0 spiro atoms. The minimum Gasteiger partial charge on any atom is -0.435 e. The van der Waals surface area contributed by atoms with Gasteiger partial charge < -0.3 is 15.0 Å². The van der Waals surface area contributed by atoms with E-state index >= 15 is 0 Å². The zero-order chi connectivity index (χ0) is 17.7. The first-order chi connectivity index (χ1) is 11.4. The van der Waals surface area contributed by atoms with Crippen molar-refractivity contribution in [2.75, 3.05) is 12.4 Å². The Hall–Kier alpha value is -1.92. The molecule has 0 aliphatic heterocycles. The van der Waals surface area contributed by atoms with E-state index in [0.29, 0.717) is 16.7 Å². The van der Waals surface area contributed by atoms with E-state index in [9.17, 15) is 8.78 Å². The number of anilines is 1. The van der Waals surface area contributed by atoms with Crippen LogP contribution in [0, 0.1) is 6.92 Å². The fraction of sp³-hybridized carbons (Fsp3) is 0.235. The van der Waals surface area contributed by atoms with Crippen molar-refractivity contribution in [2.45, 2.75) is 20.1 Å². The van der Waals surface area contributed by atoms with E-state index in [4.69, 9.17) is 23.8 Å².